The van der Waals surface area contributed by atoms with Gasteiger partial charge in [-0.2, -0.15) is 0 Å². The van der Waals surface area contributed by atoms with Crippen LogP contribution in [0, 0.1) is 11.8 Å². The van der Waals surface area contributed by atoms with Crippen LogP contribution in [-0.2, 0) is 0 Å². The summed E-state index contributed by atoms with van der Waals surface area (Å²) in [7, 11) is 0. The molecular weight excluding hydrogens is 189 g/mol. The van der Waals surface area contributed by atoms with Crippen LogP contribution in [0.15, 0.2) is 0 Å². The third-order valence-corrected chi connectivity index (χ3v) is 4.59. The third kappa shape index (κ3) is 2.52. The fourth-order valence-corrected chi connectivity index (χ4v) is 3.34. The van der Waals surface area contributed by atoms with Gasteiger partial charge in [-0.25, -0.2) is 4.39 Å². The molecular formula is C13H24FN. The molecule has 1 N–H and O–H groups in total. The first-order valence-electron chi connectivity index (χ1n) is 6.64. The van der Waals surface area contributed by atoms with Crippen LogP contribution in [0.4, 0.5) is 4.39 Å². The molecule has 0 aromatic carbocycles. The Bertz CT molecular complexity index is 191. The van der Waals surface area contributed by atoms with Gasteiger partial charge >= 0.3 is 0 Å². The Hall–Kier alpha value is -0.110. The Morgan fingerprint density at radius 2 is 1.73 bits per heavy atom. The van der Waals surface area contributed by atoms with Crippen molar-refractivity contribution >= 4 is 0 Å². The van der Waals surface area contributed by atoms with Crippen LogP contribution in [-0.4, -0.2) is 18.8 Å². The SMILES string of the molecule is CCC1CCC(C2(F)CCNCC2)CC1. The number of piperidine rings is 1. The number of alkyl halides is 1. The summed E-state index contributed by atoms with van der Waals surface area (Å²) >= 11 is 0. The average molecular weight is 213 g/mol. The lowest BCUT2D eigenvalue weighted by Crippen LogP contribution is -2.45. The van der Waals surface area contributed by atoms with Crippen LogP contribution in [0.25, 0.3) is 0 Å². The molecule has 15 heavy (non-hydrogen) atoms. The van der Waals surface area contributed by atoms with E-state index in [9.17, 15) is 4.39 Å². The van der Waals surface area contributed by atoms with Crippen molar-refractivity contribution in [1.29, 1.82) is 0 Å². The molecule has 0 amide bonds. The molecule has 0 bridgehead atoms. The Morgan fingerprint density at radius 3 is 2.27 bits per heavy atom. The molecule has 88 valence electrons. The maximum absolute atomic E-state index is 14.6. The topological polar surface area (TPSA) is 12.0 Å². The standard InChI is InChI=1S/C13H24FN/c1-2-11-3-5-12(6-4-11)13(14)7-9-15-10-8-13/h11-12,15H,2-10H2,1H3. The van der Waals surface area contributed by atoms with Crippen molar-refractivity contribution in [1.82, 2.24) is 5.32 Å². The van der Waals surface area contributed by atoms with E-state index in [1.807, 2.05) is 0 Å². The minimum atomic E-state index is -0.829. The highest BCUT2D eigenvalue weighted by Crippen LogP contribution is 2.42. The lowest BCUT2D eigenvalue weighted by molar-refractivity contribution is 0.0173. The largest absolute Gasteiger partial charge is 0.316 e. The van der Waals surface area contributed by atoms with Gasteiger partial charge in [0.1, 0.15) is 5.67 Å². The smallest absolute Gasteiger partial charge is 0.116 e. The summed E-state index contributed by atoms with van der Waals surface area (Å²) in [5.41, 5.74) is -0.829. The van der Waals surface area contributed by atoms with Gasteiger partial charge in [0.25, 0.3) is 0 Å². The predicted molar refractivity (Wildman–Crippen MR) is 61.7 cm³/mol. The molecule has 0 radical (unpaired) electrons. The zero-order valence-corrected chi connectivity index (χ0v) is 9.90. The molecule has 0 spiro atoms. The van der Waals surface area contributed by atoms with E-state index in [1.165, 1.54) is 19.3 Å². The maximum Gasteiger partial charge on any atom is 0.116 e. The van der Waals surface area contributed by atoms with Gasteiger partial charge in [0, 0.05) is 0 Å². The molecule has 1 saturated carbocycles. The third-order valence-electron chi connectivity index (χ3n) is 4.59. The lowest BCUT2D eigenvalue weighted by atomic mass is 9.70. The summed E-state index contributed by atoms with van der Waals surface area (Å²) < 4.78 is 14.6. The molecule has 1 heterocycles. The summed E-state index contributed by atoms with van der Waals surface area (Å²) in [5, 5.41) is 3.26. The number of nitrogens with one attached hydrogen (secondary N) is 1. The zero-order chi connectivity index (χ0) is 10.7. The van der Waals surface area contributed by atoms with Crippen LogP contribution < -0.4 is 5.32 Å². The molecule has 1 saturated heterocycles. The summed E-state index contributed by atoms with van der Waals surface area (Å²) in [6.07, 6.45) is 7.57. The minimum absolute atomic E-state index is 0.363. The van der Waals surface area contributed by atoms with Crippen LogP contribution in [0.5, 0.6) is 0 Å². The fraction of sp³-hybridized carbons (Fsp3) is 1.00. The normalized spacial score (nSPS) is 36.4. The van der Waals surface area contributed by atoms with Gasteiger partial charge in [-0.1, -0.05) is 26.2 Å². The van der Waals surface area contributed by atoms with Gasteiger partial charge in [-0.3, -0.25) is 0 Å². The van der Waals surface area contributed by atoms with E-state index >= 15 is 0 Å². The van der Waals surface area contributed by atoms with E-state index in [0.29, 0.717) is 5.92 Å². The van der Waals surface area contributed by atoms with Crippen molar-refractivity contribution in [3.8, 4) is 0 Å². The molecule has 0 unspecified atom stereocenters. The molecule has 2 aliphatic rings. The lowest BCUT2D eigenvalue weighted by Gasteiger charge is -2.40. The molecule has 1 aliphatic carbocycles. The molecule has 2 fully saturated rings. The van der Waals surface area contributed by atoms with Crippen molar-refractivity contribution in [3.63, 3.8) is 0 Å². The first-order valence-corrected chi connectivity index (χ1v) is 6.64. The number of hydrogen-bond acceptors (Lipinski definition) is 1. The van der Waals surface area contributed by atoms with Gasteiger partial charge in [-0.05, 0) is 50.6 Å². The molecule has 1 aliphatic heterocycles. The van der Waals surface area contributed by atoms with Crippen molar-refractivity contribution in [2.24, 2.45) is 11.8 Å². The van der Waals surface area contributed by atoms with E-state index < -0.39 is 5.67 Å². The van der Waals surface area contributed by atoms with Crippen molar-refractivity contribution in [2.45, 2.75) is 57.5 Å². The highest BCUT2D eigenvalue weighted by atomic mass is 19.1. The van der Waals surface area contributed by atoms with Gasteiger partial charge in [0.2, 0.25) is 0 Å². The van der Waals surface area contributed by atoms with Crippen molar-refractivity contribution in [3.05, 3.63) is 0 Å². The van der Waals surface area contributed by atoms with E-state index in [4.69, 9.17) is 0 Å². The first kappa shape index (κ1) is 11.4. The van der Waals surface area contributed by atoms with Crippen molar-refractivity contribution < 1.29 is 4.39 Å². The maximum atomic E-state index is 14.6. The number of hydrogen-bond donors (Lipinski definition) is 1. The molecule has 1 nitrogen and oxygen atoms in total. The molecule has 2 rings (SSSR count). The van der Waals surface area contributed by atoms with E-state index in [-0.39, 0.29) is 0 Å². The number of halogens is 1. The van der Waals surface area contributed by atoms with Crippen LogP contribution in [0.3, 0.4) is 0 Å². The van der Waals surface area contributed by atoms with Crippen LogP contribution in [0.1, 0.15) is 51.9 Å². The van der Waals surface area contributed by atoms with Gasteiger partial charge < -0.3 is 5.32 Å². The van der Waals surface area contributed by atoms with Crippen LogP contribution in [0.2, 0.25) is 0 Å². The summed E-state index contributed by atoms with van der Waals surface area (Å²) in [5.74, 6) is 1.24. The minimum Gasteiger partial charge on any atom is -0.316 e. The molecule has 0 atom stereocenters. The molecule has 2 heteroatoms. The molecule has 0 aromatic heterocycles. The summed E-state index contributed by atoms with van der Waals surface area (Å²) in [6.45, 7) is 4.02. The average Bonchev–Trinajstić information content (AvgIpc) is 2.30. The summed E-state index contributed by atoms with van der Waals surface area (Å²) in [6, 6.07) is 0. The van der Waals surface area contributed by atoms with E-state index in [0.717, 1.165) is 44.7 Å². The molecule has 0 aromatic rings. The van der Waals surface area contributed by atoms with Gasteiger partial charge in [0.05, 0.1) is 0 Å². The monoisotopic (exact) mass is 213 g/mol. The second-order valence-corrected chi connectivity index (χ2v) is 5.41. The van der Waals surface area contributed by atoms with E-state index in [2.05, 4.69) is 12.2 Å². The van der Waals surface area contributed by atoms with Crippen LogP contribution >= 0.6 is 0 Å². The predicted octanol–water partition coefficient (Wildman–Crippen LogP) is 3.29. The number of rotatable bonds is 2. The Labute approximate surface area is 92.8 Å². The first-order chi connectivity index (χ1) is 7.24. The summed E-state index contributed by atoms with van der Waals surface area (Å²) in [4.78, 5) is 0. The second kappa shape index (κ2) is 4.82. The van der Waals surface area contributed by atoms with E-state index in [1.54, 1.807) is 0 Å². The van der Waals surface area contributed by atoms with Crippen molar-refractivity contribution in [2.75, 3.05) is 13.1 Å². The highest BCUT2D eigenvalue weighted by molar-refractivity contribution is 4.93. The Balaban J connectivity index is 1.88. The zero-order valence-electron chi connectivity index (χ0n) is 9.90. The fourth-order valence-electron chi connectivity index (χ4n) is 3.34. The van der Waals surface area contributed by atoms with Gasteiger partial charge in [0.15, 0.2) is 0 Å². The second-order valence-electron chi connectivity index (χ2n) is 5.41. The van der Waals surface area contributed by atoms with Gasteiger partial charge in [-0.15, -0.1) is 0 Å². The highest BCUT2D eigenvalue weighted by Gasteiger charge is 2.41. The quantitative estimate of drug-likeness (QED) is 0.742. The Kier molecular flexibility index (Phi) is 3.65. The Morgan fingerprint density at radius 1 is 1.13 bits per heavy atom.